The molecule has 3 nitrogen and oxygen atoms in total. The van der Waals surface area contributed by atoms with Crippen LogP contribution in [0.25, 0.3) is 0 Å². The van der Waals surface area contributed by atoms with Gasteiger partial charge in [0.1, 0.15) is 11.6 Å². The molecular weight excluding hydrogens is 233 g/mol. The summed E-state index contributed by atoms with van der Waals surface area (Å²) in [6.07, 6.45) is 0.685. The van der Waals surface area contributed by atoms with Crippen molar-refractivity contribution in [3.8, 4) is 5.75 Å². The predicted octanol–water partition coefficient (Wildman–Crippen LogP) is 2.26. The molecule has 1 aromatic rings. The summed E-state index contributed by atoms with van der Waals surface area (Å²) in [6, 6.07) is 4.83. The van der Waals surface area contributed by atoms with Crippen molar-refractivity contribution in [2.24, 2.45) is 0 Å². The first-order valence-corrected chi connectivity index (χ1v) is 6.28. The van der Waals surface area contributed by atoms with E-state index in [0.717, 1.165) is 5.56 Å². The SMILES string of the molecule is Cc1ccc(F)cc1OCCC(CO)NC(C)C. The normalized spacial score (nSPS) is 12.8. The summed E-state index contributed by atoms with van der Waals surface area (Å²) in [5.41, 5.74) is 0.911. The lowest BCUT2D eigenvalue weighted by Crippen LogP contribution is -2.38. The average Bonchev–Trinajstić information content (AvgIpc) is 2.31. The largest absolute Gasteiger partial charge is 0.493 e. The molecule has 0 saturated carbocycles. The van der Waals surface area contributed by atoms with Gasteiger partial charge in [-0.05, 0) is 25.0 Å². The molecule has 1 unspecified atom stereocenters. The van der Waals surface area contributed by atoms with Crippen molar-refractivity contribution in [1.82, 2.24) is 5.32 Å². The Morgan fingerprint density at radius 2 is 2.11 bits per heavy atom. The number of aliphatic hydroxyl groups excluding tert-OH is 1. The van der Waals surface area contributed by atoms with Crippen LogP contribution in [0.4, 0.5) is 4.39 Å². The molecule has 0 aliphatic carbocycles. The summed E-state index contributed by atoms with van der Waals surface area (Å²) >= 11 is 0. The fourth-order valence-corrected chi connectivity index (χ4v) is 1.74. The monoisotopic (exact) mass is 255 g/mol. The van der Waals surface area contributed by atoms with E-state index in [2.05, 4.69) is 5.32 Å². The molecule has 1 rings (SSSR count). The highest BCUT2D eigenvalue weighted by Gasteiger charge is 2.09. The predicted molar refractivity (Wildman–Crippen MR) is 70.4 cm³/mol. The van der Waals surface area contributed by atoms with E-state index in [9.17, 15) is 9.50 Å². The molecule has 0 aliphatic heterocycles. The van der Waals surface area contributed by atoms with Crippen molar-refractivity contribution < 1.29 is 14.2 Å². The second kappa shape index (κ2) is 7.34. The molecule has 18 heavy (non-hydrogen) atoms. The summed E-state index contributed by atoms with van der Waals surface area (Å²) in [4.78, 5) is 0. The molecule has 4 heteroatoms. The summed E-state index contributed by atoms with van der Waals surface area (Å²) in [7, 11) is 0. The molecular formula is C14H22FNO2. The van der Waals surface area contributed by atoms with Gasteiger partial charge in [0.25, 0.3) is 0 Å². The first-order chi connectivity index (χ1) is 8.52. The van der Waals surface area contributed by atoms with Crippen LogP contribution in [0, 0.1) is 12.7 Å². The minimum atomic E-state index is -0.297. The van der Waals surface area contributed by atoms with Crippen LogP contribution in [-0.4, -0.2) is 30.4 Å². The summed E-state index contributed by atoms with van der Waals surface area (Å²) < 4.78 is 18.6. The summed E-state index contributed by atoms with van der Waals surface area (Å²) in [6.45, 7) is 6.46. The smallest absolute Gasteiger partial charge is 0.126 e. The lowest BCUT2D eigenvalue weighted by Gasteiger charge is -2.19. The van der Waals surface area contributed by atoms with Crippen molar-refractivity contribution >= 4 is 0 Å². The van der Waals surface area contributed by atoms with Crippen molar-refractivity contribution in [1.29, 1.82) is 0 Å². The molecule has 0 heterocycles. The molecule has 0 amide bonds. The Labute approximate surface area is 108 Å². The first-order valence-electron chi connectivity index (χ1n) is 6.28. The van der Waals surface area contributed by atoms with Crippen LogP contribution in [0.2, 0.25) is 0 Å². The van der Waals surface area contributed by atoms with Gasteiger partial charge in [0.15, 0.2) is 0 Å². The number of ether oxygens (including phenoxy) is 1. The number of nitrogens with one attached hydrogen (secondary N) is 1. The summed E-state index contributed by atoms with van der Waals surface area (Å²) in [5.74, 6) is 0.269. The quantitative estimate of drug-likeness (QED) is 0.785. The van der Waals surface area contributed by atoms with Gasteiger partial charge in [-0.3, -0.25) is 0 Å². The molecule has 0 saturated heterocycles. The van der Waals surface area contributed by atoms with Gasteiger partial charge in [0, 0.05) is 18.2 Å². The zero-order valence-corrected chi connectivity index (χ0v) is 11.2. The van der Waals surface area contributed by atoms with Gasteiger partial charge < -0.3 is 15.2 Å². The Balaban J connectivity index is 2.42. The number of aryl methyl sites for hydroxylation is 1. The molecule has 0 aliphatic rings. The number of halogens is 1. The van der Waals surface area contributed by atoms with Gasteiger partial charge in [-0.15, -0.1) is 0 Å². The summed E-state index contributed by atoms with van der Waals surface area (Å²) in [5, 5.41) is 12.4. The van der Waals surface area contributed by atoms with Crippen molar-refractivity contribution in [2.45, 2.75) is 39.3 Å². The molecule has 0 aromatic heterocycles. The van der Waals surface area contributed by atoms with Gasteiger partial charge in [-0.1, -0.05) is 19.9 Å². The lowest BCUT2D eigenvalue weighted by atomic mass is 10.2. The van der Waals surface area contributed by atoms with E-state index in [1.54, 1.807) is 6.07 Å². The minimum absolute atomic E-state index is 0.0128. The van der Waals surface area contributed by atoms with E-state index in [1.807, 2.05) is 20.8 Å². The van der Waals surface area contributed by atoms with E-state index in [1.165, 1.54) is 12.1 Å². The molecule has 0 fully saturated rings. The standard InChI is InChI=1S/C14H22FNO2/c1-10(2)16-13(9-17)6-7-18-14-8-12(15)5-4-11(14)3/h4-5,8,10,13,16-17H,6-7,9H2,1-3H3. The van der Waals surface area contributed by atoms with Crippen LogP contribution >= 0.6 is 0 Å². The zero-order chi connectivity index (χ0) is 13.5. The van der Waals surface area contributed by atoms with Gasteiger partial charge in [-0.25, -0.2) is 4.39 Å². The maximum atomic E-state index is 13.0. The average molecular weight is 255 g/mol. The van der Waals surface area contributed by atoms with Gasteiger partial charge in [0.2, 0.25) is 0 Å². The van der Waals surface area contributed by atoms with Crippen LogP contribution < -0.4 is 10.1 Å². The highest BCUT2D eigenvalue weighted by Crippen LogP contribution is 2.18. The topological polar surface area (TPSA) is 41.5 Å². The molecule has 0 spiro atoms. The lowest BCUT2D eigenvalue weighted by molar-refractivity contribution is 0.202. The maximum absolute atomic E-state index is 13.0. The van der Waals surface area contributed by atoms with Crippen LogP contribution in [0.1, 0.15) is 25.8 Å². The molecule has 1 aromatic carbocycles. The zero-order valence-electron chi connectivity index (χ0n) is 11.2. The molecule has 0 bridgehead atoms. The highest BCUT2D eigenvalue weighted by molar-refractivity contribution is 5.32. The second-order valence-corrected chi connectivity index (χ2v) is 4.75. The Bertz CT molecular complexity index is 369. The number of benzene rings is 1. The highest BCUT2D eigenvalue weighted by atomic mass is 19.1. The van der Waals surface area contributed by atoms with Crippen LogP contribution in [0.15, 0.2) is 18.2 Å². The number of hydrogen-bond donors (Lipinski definition) is 2. The first kappa shape index (κ1) is 14.9. The third kappa shape index (κ3) is 5.02. The Kier molecular flexibility index (Phi) is 6.09. The van der Waals surface area contributed by atoms with Gasteiger partial charge >= 0.3 is 0 Å². The Hall–Kier alpha value is -1.13. The third-order valence-corrected chi connectivity index (χ3v) is 2.66. The maximum Gasteiger partial charge on any atom is 0.126 e. The van der Waals surface area contributed by atoms with Gasteiger partial charge in [-0.2, -0.15) is 0 Å². The van der Waals surface area contributed by atoms with E-state index in [-0.39, 0.29) is 18.5 Å². The van der Waals surface area contributed by atoms with Crippen LogP contribution in [0.3, 0.4) is 0 Å². The van der Waals surface area contributed by atoms with Gasteiger partial charge in [0.05, 0.1) is 13.2 Å². The van der Waals surface area contributed by atoms with E-state index in [0.29, 0.717) is 24.8 Å². The Morgan fingerprint density at radius 1 is 1.39 bits per heavy atom. The number of hydrogen-bond acceptors (Lipinski definition) is 3. The molecule has 1 atom stereocenters. The molecule has 2 N–H and O–H groups in total. The molecule has 102 valence electrons. The van der Waals surface area contributed by atoms with E-state index in [4.69, 9.17) is 4.74 Å². The van der Waals surface area contributed by atoms with E-state index >= 15 is 0 Å². The fraction of sp³-hybridized carbons (Fsp3) is 0.571. The van der Waals surface area contributed by atoms with Crippen molar-refractivity contribution in [3.05, 3.63) is 29.6 Å². The number of aliphatic hydroxyl groups is 1. The number of rotatable bonds is 7. The van der Waals surface area contributed by atoms with Crippen molar-refractivity contribution in [2.75, 3.05) is 13.2 Å². The van der Waals surface area contributed by atoms with Crippen molar-refractivity contribution in [3.63, 3.8) is 0 Å². The molecule has 0 radical (unpaired) electrons. The third-order valence-electron chi connectivity index (χ3n) is 2.66. The second-order valence-electron chi connectivity index (χ2n) is 4.75. The minimum Gasteiger partial charge on any atom is -0.493 e. The fourth-order valence-electron chi connectivity index (χ4n) is 1.74. The van der Waals surface area contributed by atoms with Crippen LogP contribution in [0.5, 0.6) is 5.75 Å². The van der Waals surface area contributed by atoms with Crippen LogP contribution in [-0.2, 0) is 0 Å². The Morgan fingerprint density at radius 3 is 2.72 bits per heavy atom. The van der Waals surface area contributed by atoms with E-state index < -0.39 is 0 Å².